The number of nitrogens with zero attached hydrogens (tertiary/aromatic N) is 1. The van der Waals surface area contributed by atoms with Crippen LogP contribution in [0.2, 0.25) is 0 Å². The van der Waals surface area contributed by atoms with Crippen LogP contribution in [0.25, 0.3) is 98.8 Å². The van der Waals surface area contributed by atoms with Gasteiger partial charge >= 0.3 is 0 Å². The fourth-order valence-electron chi connectivity index (χ4n) is 9.50. The Morgan fingerprint density at radius 2 is 0.806 bits per heavy atom. The van der Waals surface area contributed by atoms with E-state index in [1.807, 2.05) is 12.1 Å². The zero-order chi connectivity index (χ0) is 41.0. The van der Waals surface area contributed by atoms with Crippen LogP contribution >= 0.6 is 0 Å². The van der Waals surface area contributed by atoms with Crippen LogP contribution in [0.3, 0.4) is 0 Å². The van der Waals surface area contributed by atoms with Crippen LogP contribution in [0.15, 0.2) is 241 Å². The van der Waals surface area contributed by atoms with Gasteiger partial charge in [-0.05, 0) is 108 Å². The van der Waals surface area contributed by atoms with E-state index in [1.54, 1.807) is 0 Å². The average Bonchev–Trinajstić information content (AvgIpc) is 3.74. The number of para-hydroxylation sites is 2. The lowest BCUT2D eigenvalue weighted by atomic mass is 9.91. The van der Waals surface area contributed by atoms with Gasteiger partial charge in [0.2, 0.25) is 0 Å². The smallest absolute Gasteiger partial charge is 0.143 e. The molecule has 0 radical (unpaired) electrons. The molecule has 2 heteroatoms. The molecule has 0 bridgehead atoms. The van der Waals surface area contributed by atoms with Crippen molar-refractivity contribution in [2.75, 3.05) is 4.90 Å². The van der Waals surface area contributed by atoms with E-state index >= 15 is 0 Å². The number of hydrogen-bond donors (Lipinski definition) is 0. The van der Waals surface area contributed by atoms with Crippen molar-refractivity contribution in [3.63, 3.8) is 0 Å². The van der Waals surface area contributed by atoms with E-state index < -0.39 is 0 Å². The highest BCUT2D eigenvalue weighted by Crippen LogP contribution is 2.46. The van der Waals surface area contributed by atoms with Gasteiger partial charge in [-0.2, -0.15) is 0 Å². The molecule has 12 rings (SSSR count). The van der Waals surface area contributed by atoms with Crippen molar-refractivity contribution in [3.8, 4) is 44.5 Å². The second-order valence-electron chi connectivity index (χ2n) is 16.0. The summed E-state index contributed by atoms with van der Waals surface area (Å²) in [6.45, 7) is 0. The van der Waals surface area contributed by atoms with Crippen molar-refractivity contribution in [2.24, 2.45) is 0 Å². The van der Waals surface area contributed by atoms with Crippen molar-refractivity contribution in [3.05, 3.63) is 237 Å². The monoisotopic (exact) mass is 789 g/mol. The summed E-state index contributed by atoms with van der Waals surface area (Å²) in [5, 5.41) is 9.72. The lowest BCUT2D eigenvalue weighted by Crippen LogP contribution is -2.11. The lowest BCUT2D eigenvalue weighted by molar-refractivity contribution is 0.670. The molecule has 0 saturated carbocycles. The molecule has 0 saturated heterocycles. The quantitative estimate of drug-likeness (QED) is 0.150. The molecule has 2 nitrogen and oxygen atoms in total. The van der Waals surface area contributed by atoms with Gasteiger partial charge in [0.15, 0.2) is 0 Å². The number of anilines is 3. The fraction of sp³-hybridized carbons (Fsp3) is 0. The maximum atomic E-state index is 6.50. The summed E-state index contributed by atoms with van der Waals surface area (Å²) in [5.41, 5.74) is 14.3. The molecule has 1 heterocycles. The Morgan fingerprint density at radius 1 is 0.274 bits per heavy atom. The van der Waals surface area contributed by atoms with Gasteiger partial charge in [-0.3, -0.25) is 0 Å². The number of benzene rings is 11. The number of furan rings is 1. The van der Waals surface area contributed by atoms with Crippen LogP contribution in [0.1, 0.15) is 0 Å². The predicted molar refractivity (Wildman–Crippen MR) is 263 cm³/mol. The Labute approximate surface area is 360 Å². The largest absolute Gasteiger partial charge is 0.455 e. The van der Waals surface area contributed by atoms with Crippen molar-refractivity contribution < 1.29 is 4.42 Å². The average molecular weight is 790 g/mol. The van der Waals surface area contributed by atoms with Gasteiger partial charge in [-0.25, -0.2) is 0 Å². The predicted octanol–water partition coefficient (Wildman–Crippen LogP) is 17.2. The third-order valence-electron chi connectivity index (χ3n) is 12.5. The van der Waals surface area contributed by atoms with Crippen molar-refractivity contribution >= 4 is 71.3 Å². The normalized spacial score (nSPS) is 11.5. The summed E-state index contributed by atoms with van der Waals surface area (Å²) in [4.78, 5) is 2.42. The zero-order valence-electron chi connectivity index (χ0n) is 33.9. The second kappa shape index (κ2) is 14.8. The van der Waals surface area contributed by atoms with Gasteiger partial charge in [0.05, 0.1) is 5.69 Å². The molecule has 0 unspecified atom stereocenters. The van der Waals surface area contributed by atoms with E-state index in [0.29, 0.717) is 0 Å². The van der Waals surface area contributed by atoms with Gasteiger partial charge in [0.25, 0.3) is 0 Å². The molecule has 290 valence electrons. The number of hydrogen-bond acceptors (Lipinski definition) is 2. The Bertz CT molecular complexity index is 3610. The maximum absolute atomic E-state index is 6.50. The van der Waals surface area contributed by atoms with Gasteiger partial charge in [-0.15, -0.1) is 0 Å². The molecule has 11 aromatic carbocycles. The molecule has 0 N–H and O–H groups in total. The minimum Gasteiger partial charge on any atom is -0.455 e. The van der Waals surface area contributed by atoms with Crippen LogP contribution in [0.4, 0.5) is 17.1 Å². The molecule has 0 aliphatic rings. The number of fused-ring (bicyclic) bond motifs is 7. The highest BCUT2D eigenvalue weighted by molar-refractivity contribution is 6.14. The molecular weight excluding hydrogens is 751 g/mol. The van der Waals surface area contributed by atoms with Crippen LogP contribution in [0.5, 0.6) is 0 Å². The first-order valence-electron chi connectivity index (χ1n) is 21.2. The van der Waals surface area contributed by atoms with Crippen LogP contribution < -0.4 is 4.90 Å². The summed E-state index contributed by atoms with van der Waals surface area (Å²) >= 11 is 0. The second-order valence-corrected chi connectivity index (χ2v) is 16.0. The minimum absolute atomic E-state index is 0.900. The van der Waals surface area contributed by atoms with Crippen molar-refractivity contribution in [1.29, 1.82) is 0 Å². The van der Waals surface area contributed by atoms with Crippen LogP contribution in [-0.4, -0.2) is 0 Å². The van der Waals surface area contributed by atoms with Gasteiger partial charge in [0.1, 0.15) is 11.2 Å². The highest BCUT2D eigenvalue weighted by atomic mass is 16.3. The molecule has 1 aromatic heterocycles. The van der Waals surface area contributed by atoms with Gasteiger partial charge in [-0.1, -0.05) is 194 Å². The Morgan fingerprint density at radius 3 is 1.58 bits per heavy atom. The van der Waals surface area contributed by atoms with Crippen molar-refractivity contribution in [1.82, 2.24) is 0 Å². The van der Waals surface area contributed by atoms with Gasteiger partial charge in [0, 0.05) is 33.3 Å². The topological polar surface area (TPSA) is 16.4 Å². The first kappa shape index (κ1) is 35.7. The maximum Gasteiger partial charge on any atom is 0.143 e. The Hall–Kier alpha value is -8.20. The van der Waals surface area contributed by atoms with E-state index in [4.69, 9.17) is 4.42 Å². The molecule has 12 aromatic rings. The molecule has 0 spiro atoms. The third-order valence-corrected chi connectivity index (χ3v) is 12.5. The Kier molecular flexibility index (Phi) is 8.53. The van der Waals surface area contributed by atoms with E-state index in [0.717, 1.165) is 66.8 Å². The summed E-state index contributed by atoms with van der Waals surface area (Å²) in [5.74, 6) is 0. The molecule has 0 amide bonds. The fourth-order valence-corrected chi connectivity index (χ4v) is 9.50. The molecular formula is C60H39NO. The summed E-state index contributed by atoms with van der Waals surface area (Å²) in [7, 11) is 0. The Balaban J connectivity index is 1.07. The first-order chi connectivity index (χ1) is 30.7. The van der Waals surface area contributed by atoms with Crippen LogP contribution in [-0.2, 0) is 0 Å². The summed E-state index contributed by atoms with van der Waals surface area (Å²) < 4.78 is 6.50. The molecule has 62 heavy (non-hydrogen) atoms. The van der Waals surface area contributed by atoms with Crippen LogP contribution in [0, 0.1) is 0 Å². The van der Waals surface area contributed by atoms with E-state index in [9.17, 15) is 0 Å². The highest BCUT2D eigenvalue weighted by Gasteiger charge is 2.21. The summed E-state index contributed by atoms with van der Waals surface area (Å²) in [6.07, 6.45) is 0. The number of rotatable bonds is 7. The minimum atomic E-state index is 0.900. The summed E-state index contributed by atoms with van der Waals surface area (Å²) in [6, 6.07) is 85.6. The standard InChI is InChI=1S/C60H39NO/c1-2-14-41(15-3-1)51-37-32-45(57-38-44-17-5-7-20-50(44)53-21-8-9-22-54(53)57)39-58(51)61(46-33-28-42(29-34-46)49-24-12-18-40-16-4-6-19-48(40)49)47-35-30-43(31-36-47)52-25-13-26-56-55-23-10-11-27-59(55)62-60(52)56/h1-39H. The zero-order valence-corrected chi connectivity index (χ0v) is 33.9. The van der Waals surface area contributed by atoms with Crippen molar-refractivity contribution in [2.45, 2.75) is 0 Å². The molecule has 0 aliphatic heterocycles. The molecule has 0 fully saturated rings. The van der Waals surface area contributed by atoms with E-state index in [1.165, 1.54) is 49.0 Å². The van der Waals surface area contributed by atoms with E-state index in [2.05, 4.69) is 229 Å². The SMILES string of the molecule is c1ccc(-c2ccc(-c3cc4ccccc4c4ccccc34)cc2N(c2ccc(-c3cccc4ccccc34)cc2)c2ccc(-c3cccc4c3oc3ccccc34)cc2)cc1. The molecule has 0 atom stereocenters. The third kappa shape index (κ3) is 6.04. The van der Waals surface area contributed by atoms with Gasteiger partial charge < -0.3 is 9.32 Å². The first-order valence-corrected chi connectivity index (χ1v) is 21.2. The lowest BCUT2D eigenvalue weighted by Gasteiger charge is -2.29. The molecule has 0 aliphatic carbocycles. The van der Waals surface area contributed by atoms with E-state index in [-0.39, 0.29) is 0 Å².